The van der Waals surface area contributed by atoms with Crippen molar-refractivity contribution in [2.75, 3.05) is 18.9 Å². The zero-order valence-electron chi connectivity index (χ0n) is 10.7. The largest absolute Gasteiger partial charge is 0.396 e. The molecule has 1 rings (SSSR count). The summed E-state index contributed by atoms with van der Waals surface area (Å²) in [7, 11) is -3.22. The molecule has 0 aromatic heterocycles. The number of hydrogen-bond donors (Lipinski definition) is 2. The molecule has 5 heteroatoms. The molecule has 4 nitrogen and oxygen atoms in total. The van der Waals surface area contributed by atoms with Crippen molar-refractivity contribution < 1.29 is 13.5 Å². The highest BCUT2D eigenvalue weighted by Gasteiger charge is 2.12. The quantitative estimate of drug-likeness (QED) is 0.704. The highest BCUT2D eigenvalue weighted by molar-refractivity contribution is 7.89. The molecule has 0 fully saturated rings. The first-order valence-corrected chi connectivity index (χ1v) is 7.83. The Morgan fingerprint density at radius 1 is 1.22 bits per heavy atom. The fourth-order valence-electron chi connectivity index (χ4n) is 1.63. The molecule has 1 unspecified atom stereocenters. The number of sulfonamides is 1. The minimum absolute atomic E-state index is 0.0376. The van der Waals surface area contributed by atoms with Gasteiger partial charge in [-0.25, -0.2) is 13.1 Å². The molecule has 0 aliphatic carbocycles. The van der Waals surface area contributed by atoms with Gasteiger partial charge < -0.3 is 5.11 Å². The summed E-state index contributed by atoms with van der Waals surface area (Å²) in [5, 5.41) is 8.61. The van der Waals surface area contributed by atoms with Crippen LogP contribution in [0.4, 0.5) is 0 Å². The molecule has 0 aliphatic heterocycles. The molecule has 1 atom stereocenters. The highest BCUT2D eigenvalue weighted by atomic mass is 32.2. The van der Waals surface area contributed by atoms with E-state index in [0.717, 1.165) is 5.56 Å². The van der Waals surface area contributed by atoms with Crippen LogP contribution in [0.5, 0.6) is 0 Å². The van der Waals surface area contributed by atoms with Crippen molar-refractivity contribution in [2.45, 2.75) is 25.7 Å². The molecule has 2 N–H and O–H groups in total. The highest BCUT2D eigenvalue weighted by Crippen LogP contribution is 2.13. The number of benzene rings is 1. The lowest BCUT2D eigenvalue weighted by molar-refractivity contribution is 0.287. The van der Waals surface area contributed by atoms with Gasteiger partial charge in [0.25, 0.3) is 0 Å². The molecule has 0 saturated carbocycles. The minimum Gasteiger partial charge on any atom is -0.396 e. The van der Waals surface area contributed by atoms with Crippen LogP contribution in [0.15, 0.2) is 30.3 Å². The van der Waals surface area contributed by atoms with E-state index in [1.165, 1.54) is 0 Å². The van der Waals surface area contributed by atoms with Crippen molar-refractivity contribution in [3.05, 3.63) is 35.9 Å². The third kappa shape index (κ3) is 5.62. The van der Waals surface area contributed by atoms with E-state index in [1.807, 2.05) is 37.3 Å². The van der Waals surface area contributed by atoms with E-state index in [9.17, 15) is 8.42 Å². The Bertz CT molecular complexity index is 431. The summed E-state index contributed by atoms with van der Waals surface area (Å²) >= 11 is 0. The van der Waals surface area contributed by atoms with Crippen LogP contribution in [0.1, 0.15) is 31.2 Å². The molecule has 18 heavy (non-hydrogen) atoms. The maximum atomic E-state index is 11.6. The van der Waals surface area contributed by atoms with E-state index < -0.39 is 10.0 Å². The van der Waals surface area contributed by atoms with Gasteiger partial charge in [-0.2, -0.15) is 0 Å². The molecular formula is C13H21NO3S. The van der Waals surface area contributed by atoms with Crippen LogP contribution in [0.25, 0.3) is 0 Å². The van der Waals surface area contributed by atoms with Gasteiger partial charge in [-0.3, -0.25) is 0 Å². The van der Waals surface area contributed by atoms with Crippen LogP contribution in [-0.4, -0.2) is 32.4 Å². The number of aliphatic hydroxyl groups is 1. The zero-order chi connectivity index (χ0) is 13.4. The first kappa shape index (κ1) is 15.1. The van der Waals surface area contributed by atoms with Crippen LogP contribution in [0.3, 0.4) is 0 Å². The maximum Gasteiger partial charge on any atom is 0.211 e. The van der Waals surface area contributed by atoms with E-state index in [-0.39, 0.29) is 18.3 Å². The molecule has 0 aliphatic rings. The third-order valence-corrected chi connectivity index (χ3v) is 4.23. The lowest BCUT2D eigenvalue weighted by Gasteiger charge is -2.13. The average Bonchev–Trinajstić information content (AvgIpc) is 2.37. The average molecular weight is 271 g/mol. The monoisotopic (exact) mass is 271 g/mol. The van der Waals surface area contributed by atoms with E-state index in [0.29, 0.717) is 19.4 Å². The predicted octanol–water partition coefficient (Wildman–Crippen LogP) is 1.48. The van der Waals surface area contributed by atoms with Gasteiger partial charge in [-0.1, -0.05) is 37.3 Å². The molecule has 1 aromatic rings. The Hall–Kier alpha value is -0.910. The Kier molecular flexibility index (Phi) is 6.32. The normalized spacial score (nSPS) is 13.4. The molecule has 0 bridgehead atoms. The Labute approximate surface area is 109 Å². The molecular weight excluding hydrogens is 250 g/mol. The van der Waals surface area contributed by atoms with Gasteiger partial charge in [0, 0.05) is 13.2 Å². The molecule has 102 valence electrons. The van der Waals surface area contributed by atoms with Crippen molar-refractivity contribution >= 4 is 10.0 Å². The van der Waals surface area contributed by atoms with Crippen LogP contribution >= 0.6 is 0 Å². The van der Waals surface area contributed by atoms with Gasteiger partial charge in [0.2, 0.25) is 10.0 Å². The van der Waals surface area contributed by atoms with Crippen LogP contribution < -0.4 is 4.72 Å². The standard InChI is InChI=1S/C13H21NO3S/c1-12(13-7-3-2-4-8-13)11-14-18(16,17)10-6-5-9-15/h2-4,7-8,12,14-15H,5-6,9-11H2,1H3. The van der Waals surface area contributed by atoms with Gasteiger partial charge in [0.05, 0.1) is 5.75 Å². The van der Waals surface area contributed by atoms with Crippen molar-refractivity contribution in [1.82, 2.24) is 4.72 Å². The molecule has 0 radical (unpaired) electrons. The molecule has 0 amide bonds. The first-order valence-electron chi connectivity index (χ1n) is 6.18. The molecule has 0 heterocycles. The SMILES string of the molecule is CC(CNS(=O)(=O)CCCCO)c1ccccc1. The Balaban J connectivity index is 2.40. The van der Waals surface area contributed by atoms with Crippen LogP contribution in [-0.2, 0) is 10.0 Å². The Morgan fingerprint density at radius 3 is 2.50 bits per heavy atom. The lowest BCUT2D eigenvalue weighted by atomic mass is 10.0. The number of aliphatic hydroxyl groups excluding tert-OH is 1. The predicted molar refractivity (Wildman–Crippen MR) is 73.0 cm³/mol. The molecule has 0 saturated heterocycles. The molecule has 1 aromatic carbocycles. The summed E-state index contributed by atoms with van der Waals surface area (Å²) in [6.45, 7) is 2.44. The van der Waals surface area contributed by atoms with Crippen LogP contribution in [0, 0.1) is 0 Å². The second kappa shape index (κ2) is 7.51. The second-order valence-electron chi connectivity index (χ2n) is 4.41. The zero-order valence-corrected chi connectivity index (χ0v) is 11.5. The summed E-state index contributed by atoms with van der Waals surface area (Å²) in [5.74, 6) is 0.230. The van der Waals surface area contributed by atoms with E-state index in [2.05, 4.69) is 4.72 Å². The number of unbranched alkanes of at least 4 members (excludes halogenated alkanes) is 1. The fraction of sp³-hybridized carbons (Fsp3) is 0.538. The summed E-state index contributed by atoms with van der Waals surface area (Å²) in [5.41, 5.74) is 1.12. The van der Waals surface area contributed by atoms with Crippen LogP contribution in [0.2, 0.25) is 0 Å². The van der Waals surface area contributed by atoms with Crippen molar-refractivity contribution in [3.8, 4) is 0 Å². The summed E-state index contributed by atoms with van der Waals surface area (Å²) in [6, 6.07) is 9.81. The summed E-state index contributed by atoms with van der Waals surface area (Å²) in [4.78, 5) is 0. The topological polar surface area (TPSA) is 66.4 Å². The second-order valence-corrected chi connectivity index (χ2v) is 6.34. The summed E-state index contributed by atoms with van der Waals surface area (Å²) in [6.07, 6.45) is 1.01. The van der Waals surface area contributed by atoms with E-state index in [4.69, 9.17) is 5.11 Å². The number of rotatable bonds is 8. The Morgan fingerprint density at radius 2 is 1.89 bits per heavy atom. The fourth-order valence-corrected chi connectivity index (χ4v) is 2.86. The van der Waals surface area contributed by atoms with Crippen molar-refractivity contribution in [2.24, 2.45) is 0 Å². The van der Waals surface area contributed by atoms with Crippen molar-refractivity contribution in [3.63, 3.8) is 0 Å². The number of nitrogens with one attached hydrogen (secondary N) is 1. The van der Waals surface area contributed by atoms with E-state index in [1.54, 1.807) is 0 Å². The summed E-state index contributed by atoms with van der Waals surface area (Å²) < 4.78 is 25.9. The maximum absolute atomic E-state index is 11.6. The van der Waals surface area contributed by atoms with E-state index >= 15 is 0 Å². The lowest BCUT2D eigenvalue weighted by Crippen LogP contribution is -2.29. The van der Waals surface area contributed by atoms with Gasteiger partial charge >= 0.3 is 0 Å². The van der Waals surface area contributed by atoms with Crippen molar-refractivity contribution in [1.29, 1.82) is 0 Å². The third-order valence-electron chi connectivity index (χ3n) is 2.80. The smallest absolute Gasteiger partial charge is 0.211 e. The van der Waals surface area contributed by atoms with Gasteiger partial charge in [-0.15, -0.1) is 0 Å². The first-order chi connectivity index (χ1) is 8.55. The molecule has 0 spiro atoms. The van der Waals surface area contributed by atoms with Gasteiger partial charge in [0.1, 0.15) is 0 Å². The van der Waals surface area contributed by atoms with Gasteiger partial charge in [0.15, 0.2) is 0 Å². The van der Waals surface area contributed by atoms with Gasteiger partial charge in [-0.05, 0) is 24.3 Å². The minimum atomic E-state index is -3.22. The number of hydrogen-bond acceptors (Lipinski definition) is 3.